The number of aromatic amines is 1. The molecule has 0 aliphatic rings. The van der Waals surface area contributed by atoms with Crippen LogP contribution < -0.4 is 10.7 Å². The maximum Gasteiger partial charge on any atom is 0.248 e. The number of nitrogens with one attached hydrogen (secondary N) is 2. The Morgan fingerprint density at radius 3 is 2.74 bits per heavy atom. The van der Waals surface area contributed by atoms with Crippen molar-refractivity contribution in [1.82, 2.24) is 20.6 Å². The number of hydrogen-bond acceptors (Lipinski definition) is 6. The zero-order valence-corrected chi connectivity index (χ0v) is 13.9. The van der Waals surface area contributed by atoms with Crippen molar-refractivity contribution in [3.8, 4) is 11.6 Å². The van der Waals surface area contributed by atoms with E-state index in [1.165, 1.54) is 12.1 Å². The molecule has 8 nitrogen and oxygen atoms in total. The Kier molecular flexibility index (Phi) is 4.28. The second-order valence-electron chi connectivity index (χ2n) is 5.63. The van der Waals surface area contributed by atoms with Gasteiger partial charge >= 0.3 is 0 Å². The van der Waals surface area contributed by atoms with Crippen LogP contribution in [-0.4, -0.2) is 26.5 Å². The summed E-state index contributed by atoms with van der Waals surface area (Å²) in [5.41, 5.74) is 1.24. The smallest absolute Gasteiger partial charge is 0.248 e. The minimum Gasteiger partial charge on any atom is -0.450 e. The number of carbonyl (C=O) groups excluding carboxylic acids is 1. The van der Waals surface area contributed by atoms with Crippen molar-refractivity contribution >= 4 is 28.6 Å². The summed E-state index contributed by atoms with van der Waals surface area (Å²) in [5, 5.41) is 16.5. The lowest BCUT2D eigenvalue weighted by atomic mass is 10.2. The van der Waals surface area contributed by atoms with Crippen LogP contribution in [0.25, 0.3) is 28.6 Å². The van der Waals surface area contributed by atoms with Crippen LogP contribution in [0.1, 0.15) is 5.56 Å². The van der Waals surface area contributed by atoms with Crippen molar-refractivity contribution < 1.29 is 9.21 Å². The molecule has 0 unspecified atom stereocenters. The summed E-state index contributed by atoms with van der Waals surface area (Å²) in [7, 11) is 0. The molecule has 2 aromatic carbocycles. The zero-order chi connectivity index (χ0) is 18.6. The lowest BCUT2D eigenvalue weighted by molar-refractivity contribution is -0.111. The van der Waals surface area contributed by atoms with E-state index >= 15 is 0 Å². The number of hydrogen-bond donors (Lipinski definition) is 2. The van der Waals surface area contributed by atoms with E-state index in [9.17, 15) is 9.59 Å². The van der Waals surface area contributed by atoms with E-state index in [1.54, 1.807) is 24.3 Å². The third kappa shape index (κ3) is 3.49. The van der Waals surface area contributed by atoms with Gasteiger partial charge in [0, 0.05) is 12.1 Å². The Labute approximate surface area is 152 Å². The molecule has 4 aromatic rings. The number of nitrogens with zero attached hydrogens (tertiary/aromatic N) is 3. The van der Waals surface area contributed by atoms with E-state index in [0.717, 1.165) is 5.56 Å². The number of para-hydroxylation sites is 1. The average molecular weight is 359 g/mol. The fraction of sp³-hybridized carbons (Fsp3) is 0. The summed E-state index contributed by atoms with van der Waals surface area (Å²) in [6.45, 7) is 0. The molecule has 0 saturated heterocycles. The highest BCUT2D eigenvalue weighted by Crippen LogP contribution is 2.25. The predicted octanol–water partition coefficient (Wildman–Crippen LogP) is 2.62. The Morgan fingerprint density at radius 1 is 1.11 bits per heavy atom. The minimum absolute atomic E-state index is 0.152. The van der Waals surface area contributed by atoms with Crippen LogP contribution in [0.15, 0.2) is 69.9 Å². The second kappa shape index (κ2) is 7.04. The first-order valence-electron chi connectivity index (χ1n) is 8.05. The molecule has 27 heavy (non-hydrogen) atoms. The molecule has 8 heteroatoms. The van der Waals surface area contributed by atoms with Crippen LogP contribution in [0.4, 0.5) is 5.69 Å². The maximum absolute atomic E-state index is 12.4. The molecule has 2 heterocycles. The first kappa shape index (κ1) is 16.4. The summed E-state index contributed by atoms with van der Waals surface area (Å²) < 4.78 is 5.76. The van der Waals surface area contributed by atoms with Gasteiger partial charge in [-0.1, -0.05) is 36.4 Å². The van der Waals surface area contributed by atoms with Crippen LogP contribution in [0.2, 0.25) is 0 Å². The van der Waals surface area contributed by atoms with Gasteiger partial charge in [-0.2, -0.15) is 5.21 Å². The van der Waals surface area contributed by atoms with E-state index in [0.29, 0.717) is 11.1 Å². The van der Waals surface area contributed by atoms with Crippen LogP contribution in [-0.2, 0) is 4.79 Å². The highest BCUT2D eigenvalue weighted by Gasteiger charge is 2.13. The van der Waals surface area contributed by atoms with Gasteiger partial charge in [0.25, 0.3) is 0 Å². The van der Waals surface area contributed by atoms with Gasteiger partial charge in [-0.25, -0.2) is 0 Å². The fourth-order valence-corrected chi connectivity index (χ4v) is 2.56. The van der Waals surface area contributed by atoms with Gasteiger partial charge in [0.05, 0.1) is 11.1 Å². The summed E-state index contributed by atoms with van der Waals surface area (Å²) in [4.78, 5) is 24.6. The van der Waals surface area contributed by atoms with Gasteiger partial charge in [0.15, 0.2) is 16.8 Å². The lowest BCUT2D eigenvalue weighted by Crippen LogP contribution is -2.09. The van der Waals surface area contributed by atoms with Crippen molar-refractivity contribution in [1.29, 1.82) is 0 Å². The van der Waals surface area contributed by atoms with E-state index < -0.39 is 0 Å². The summed E-state index contributed by atoms with van der Waals surface area (Å²) in [5.74, 6) is -0.0409. The Bertz CT molecular complexity index is 1180. The van der Waals surface area contributed by atoms with Crippen LogP contribution in [0.3, 0.4) is 0 Å². The number of carbonyl (C=O) groups is 1. The molecule has 2 N–H and O–H groups in total. The van der Waals surface area contributed by atoms with E-state index in [2.05, 4.69) is 25.9 Å². The minimum atomic E-state index is -0.348. The summed E-state index contributed by atoms with van der Waals surface area (Å²) >= 11 is 0. The molecule has 0 spiro atoms. The molecule has 0 fully saturated rings. The van der Waals surface area contributed by atoms with Crippen molar-refractivity contribution in [2.24, 2.45) is 0 Å². The molecule has 0 bridgehead atoms. The Morgan fingerprint density at radius 2 is 1.96 bits per heavy atom. The number of fused-ring (bicyclic) bond motifs is 1. The van der Waals surface area contributed by atoms with Gasteiger partial charge in [-0.15, -0.1) is 10.2 Å². The first-order chi connectivity index (χ1) is 13.2. The van der Waals surface area contributed by atoms with Crippen LogP contribution in [0, 0.1) is 0 Å². The number of amides is 1. The number of H-pyrrole nitrogens is 1. The first-order valence-corrected chi connectivity index (χ1v) is 8.05. The molecule has 0 atom stereocenters. The van der Waals surface area contributed by atoms with Gasteiger partial charge in [0.1, 0.15) is 0 Å². The maximum atomic E-state index is 12.4. The van der Waals surface area contributed by atoms with E-state index in [1.807, 2.05) is 30.3 Å². The topological polar surface area (TPSA) is 114 Å². The SMILES string of the molecule is O=C(C=Cc1ccccc1)Nc1cccc2c(=O)cc(-c3nn[nH]n3)oc12. The molecule has 2 aromatic heterocycles. The lowest BCUT2D eigenvalue weighted by Gasteiger charge is -2.06. The highest BCUT2D eigenvalue weighted by molar-refractivity contribution is 6.06. The molecule has 1 amide bonds. The Balaban J connectivity index is 1.68. The number of rotatable bonds is 4. The molecule has 0 aliphatic carbocycles. The quantitative estimate of drug-likeness (QED) is 0.542. The third-order valence-electron chi connectivity index (χ3n) is 3.81. The van der Waals surface area contributed by atoms with Crippen molar-refractivity contribution in [2.75, 3.05) is 5.32 Å². The Hall–Kier alpha value is -4.07. The van der Waals surface area contributed by atoms with Crippen molar-refractivity contribution in [2.45, 2.75) is 0 Å². The van der Waals surface area contributed by atoms with Gasteiger partial charge in [-0.3, -0.25) is 9.59 Å². The standard InChI is InChI=1S/C19H13N5O3/c25-15-11-16(19-21-23-24-22-19)27-18-13(15)7-4-8-14(18)20-17(26)10-9-12-5-2-1-3-6-12/h1-11H,(H,20,26)(H,21,22,23,24). The van der Waals surface area contributed by atoms with Crippen molar-refractivity contribution in [3.05, 3.63) is 76.5 Å². The molecular formula is C19H13N5O3. The van der Waals surface area contributed by atoms with Crippen molar-refractivity contribution in [3.63, 3.8) is 0 Å². The molecule has 4 rings (SSSR count). The molecule has 0 radical (unpaired) electrons. The normalized spacial score (nSPS) is 11.1. The molecule has 0 saturated carbocycles. The molecule has 132 valence electrons. The predicted molar refractivity (Wildman–Crippen MR) is 99.8 cm³/mol. The molecular weight excluding hydrogens is 346 g/mol. The van der Waals surface area contributed by atoms with Gasteiger partial charge in [0.2, 0.25) is 11.7 Å². The van der Waals surface area contributed by atoms with E-state index in [-0.39, 0.29) is 28.5 Å². The van der Waals surface area contributed by atoms with Crippen LogP contribution >= 0.6 is 0 Å². The number of tetrazole rings is 1. The number of aromatic nitrogens is 4. The fourth-order valence-electron chi connectivity index (χ4n) is 2.56. The third-order valence-corrected chi connectivity index (χ3v) is 3.81. The summed E-state index contributed by atoms with van der Waals surface area (Å²) in [6, 6.07) is 15.7. The highest BCUT2D eigenvalue weighted by atomic mass is 16.3. The molecule has 0 aliphatic heterocycles. The van der Waals surface area contributed by atoms with Gasteiger partial charge in [-0.05, 0) is 29.0 Å². The number of anilines is 1. The number of benzene rings is 2. The van der Waals surface area contributed by atoms with E-state index in [4.69, 9.17) is 4.42 Å². The van der Waals surface area contributed by atoms with Crippen LogP contribution in [0.5, 0.6) is 0 Å². The van der Waals surface area contributed by atoms with Gasteiger partial charge < -0.3 is 9.73 Å². The summed E-state index contributed by atoms with van der Waals surface area (Å²) in [6.07, 6.45) is 3.11. The zero-order valence-electron chi connectivity index (χ0n) is 13.9. The average Bonchev–Trinajstić information content (AvgIpc) is 3.23. The second-order valence-corrected chi connectivity index (χ2v) is 5.63. The monoisotopic (exact) mass is 359 g/mol. The largest absolute Gasteiger partial charge is 0.450 e.